The van der Waals surface area contributed by atoms with E-state index in [0.29, 0.717) is 18.3 Å². The summed E-state index contributed by atoms with van der Waals surface area (Å²) in [5.74, 6) is -0.769. The molecule has 0 radical (unpaired) electrons. The lowest BCUT2D eigenvalue weighted by Gasteiger charge is -2.19. The van der Waals surface area contributed by atoms with E-state index in [1.165, 1.54) is 12.3 Å². The van der Waals surface area contributed by atoms with Crippen molar-refractivity contribution >= 4 is 17.6 Å². The average Bonchev–Trinajstić information content (AvgIpc) is 3.22. The summed E-state index contributed by atoms with van der Waals surface area (Å²) in [4.78, 5) is 29.1. The van der Waals surface area contributed by atoms with Crippen LogP contribution in [0, 0.1) is 0 Å². The Kier molecular flexibility index (Phi) is 3.99. The molecule has 2 rings (SSSR count). The number of nitrogens with two attached hydrogens (primary N) is 1. The molecule has 6 heteroatoms. The van der Waals surface area contributed by atoms with Crippen molar-refractivity contribution in [3.63, 3.8) is 0 Å². The van der Waals surface area contributed by atoms with Crippen molar-refractivity contribution < 1.29 is 14.3 Å². The third kappa shape index (κ3) is 3.43. The highest BCUT2D eigenvalue weighted by Crippen LogP contribution is 2.26. The maximum absolute atomic E-state index is 11.9. The number of nitrogen functional groups attached to an aromatic ring is 1. The highest BCUT2D eigenvalue weighted by atomic mass is 16.5. The first-order valence-electron chi connectivity index (χ1n) is 6.30. The Morgan fingerprint density at radius 3 is 2.74 bits per heavy atom. The zero-order valence-corrected chi connectivity index (χ0v) is 10.8. The molecule has 1 fully saturated rings. The van der Waals surface area contributed by atoms with E-state index in [1.54, 1.807) is 11.0 Å². The second-order valence-electron chi connectivity index (χ2n) is 4.46. The minimum atomic E-state index is -0.611. The smallest absolute Gasteiger partial charge is 0.357 e. The Labute approximate surface area is 111 Å². The summed E-state index contributed by atoms with van der Waals surface area (Å²) in [6.07, 6.45) is 3.45. The molecule has 6 nitrogen and oxygen atoms in total. The molecule has 1 aliphatic rings. The lowest BCUT2D eigenvalue weighted by Crippen LogP contribution is -2.36. The van der Waals surface area contributed by atoms with E-state index in [4.69, 9.17) is 10.5 Å². The molecule has 0 bridgehead atoms. The van der Waals surface area contributed by atoms with Crippen LogP contribution in [0.25, 0.3) is 0 Å². The Morgan fingerprint density at radius 2 is 2.21 bits per heavy atom. The van der Waals surface area contributed by atoms with Crippen LogP contribution in [0.2, 0.25) is 0 Å². The second-order valence-corrected chi connectivity index (χ2v) is 4.46. The normalized spacial score (nSPS) is 13.9. The fourth-order valence-corrected chi connectivity index (χ4v) is 1.83. The van der Waals surface area contributed by atoms with Crippen molar-refractivity contribution in [2.75, 3.05) is 18.9 Å². The number of rotatable bonds is 5. The summed E-state index contributed by atoms with van der Waals surface area (Å²) >= 11 is 0. The Bertz CT molecular complexity index is 469. The summed E-state index contributed by atoms with van der Waals surface area (Å²) < 4.78 is 4.96. The zero-order valence-electron chi connectivity index (χ0n) is 10.8. The van der Waals surface area contributed by atoms with Gasteiger partial charge in [-0.1, -0.05) is 0 Å². The van der Waals surface area contributed by atoms with Gasteiger partial charge in [-0.3, -0.25) is 4.79 Å². The van der Waals surface area contributed by atoms with Crippen LogP contribution < -0.4 is 5.73 Å². The van der Waals surface area contributed by atoms with E-state index >= 15 is 0 Å². The van der Waals surface area contributed by atoms with Crippen molar-refractivity contribution in [3.8, 4) is 0 Å². The first-order valence-corrected chi connectivity index (χ1v) is 6.30. The quantitative estimate of drug-likeness (QED) is 0.795. The van der Waals surface area contributed by atoms with Crippen LogP contribution in [-0.4, -0.2) is 41.0 Å². The van der Waals surface area contributed by atoms with Gasteiger partial charge in [-0.2, -0.15) is 0 Å². The molecule has 0 unspecified atom stereocenters. The number of esters is 1. The van der Waals surface area contributed by atoms with E-state index < -0.39 is 5.97 Å². The van der Waals surface area contributed by atoms with E-state index in [-0.39, 0.29) is 18.2 Å². The van der Waals surface area contributed by atoms with Crippen LogP contribution in [0.1, 0.15) is 30.3 Å². The zero-order chi connectivity index (χ0) is 13.8. The average molecular weight is 263 g/mol. The van der Waals surface area contributed by atoms with Gasteiger partial charge in [-0.15, -0.1) is 0 Å². The maximum atomic E-state index is 11.9. The van der Waals surface area contributed by atoms with Gasteiger partial charge in [0, 0.05) is 12.6 Å². The summed E-state index contributed by atoms with van der Waals surface area (Å²) in [5.41, 5.74) is 6.09. The van der Waals surface area contributed by atoms with E-state index in [1.807, 2.05) is 6.92 Å². The molecule has 1 saturated carbocycles. The van der Waals surface area contributed by atoms with Crippen molar-refractivity contribution in [1.82, 2.24) is 9.88 Å². The molecule has 1 aromatic rings. The molecule has 0 atom stereocenters. The highest BCUT2D eigenvalue weighted by molar-refractivity contribution is 5.89. The lowest BCUT2D eigenvalue weighted by atomic mass is 10.3. The van der Waals surface area contributed by atoms with E-state index in [9.17, 15) is 9.59 Å². The van der Waals surface area contributed by atoms with Crippen molar-refractivity contribution in [2.24, 2.45) is 0 Å². The molecule has 19 heavy (non-hydrogen) atoms. The number of pyridine rings is 1. The first-order chi connectivity index (χ1) is 9.11. The number of hydrogen-bond donors (Lipinski definition) is 1. The number of likely N-dealkylation sites (N-methyl/N-ethyl adjacent to an activating group) is 1. The lowest BCUT2D eigenvalue weighted by molar-refractivity contribution is -0.134. The minimum absolute atomic E-state index is 0.150. The molecule has 1 aromatic heterocycles. The Morgan fingerprint density at radius 1 is 1.47 bits per heavy atom. The highest BCUT2D eigenvalue weighted by Gasteiger charge is 2.31. The molecular weight excluding hydrogens is 246 g/mol. The predicted molar refractivity (Wildman–Crippen MR) is 69.3 cm³/mol. The van der Waals surface area contributed by atoms with E-state index in [0.717, 1.165) is 12.8 Å². The molecule has 102 valence electrons. The van der Waals surface area contributed by atoms with Crippen molar-refractivity contribution in [3.05, 3.63) is 24.0 Å². The van der Waals surface area contributed by atoms with Gasteiger partial charge in [-0.25, -0.2) is 9.78 Å². The summed E-state index contributed by atoms with van der Waals surface area (Å²) in [7, 11) is 0. The molecule has 1 amide bonds. The third-order valence-corrected chi connectivity index (χ3v) is 2.97. The molecule has 0 aromatic carbocycles. The van der Waals surface area contributed by atoms with Crippen LogP contribution in [0.4, 0.5) is 5.69 Å². The molecule has 1 heterocycles. The molecule has 0 spiro atoms. The van der Waals surface area contributed by atoms with E-state index in [2.05, 4.69) is 4.98 Å². The van der Waals surface area contributed by atoms with Crippen LogP contribution in [0.5, 0.6) is 0 Å². The SMILES string of the molecule is CCN(C(=O)COC(=O)c1ccc(N)cn1)C1CC1. The summed E-state index contributed by atoms with van der Waals surface area (Å²) in [6.45, 7) is 2.32. The van der Waals surface area contributed by atoms with Crippen LogP contribution in [0.15, 0.2) is 18.3 Å². The molecule has 1 aliphatic carbocycles. The third-order valence-electron chi connectivity index (χ3n) is 2.97. The molecule has 2 N–H and O–H groups in total. The fraction of sp³-hybridized carbons (Fsp3) is 0.462. The van der Waals surface area contributed by atoms with Crippen molar-refractivity contribution in [2.45, 2.75) is 25.8 Å². The van der Waals surface area contributed by atoms with Gasteiger partial charge >= 0.3 is 5.97 Å². The predicted octanol–water partition coefficient (Wildman–Crippen LogP) is 0.831. The number of nitrogens with zero attached hydrogens (tertiary/aromatic N) is 2. The number of carbonyl (C=O) groups is 2. The van der Waals surface area contributed by atoms with Gasteiger partial charge in [0.15, 0.2) is 6.61 Å². The molecular formula is C13H17N3O3. The molecule has 0 aliphatic heterocycles. The van der Waals surface area contributed by atoms with Gasteiger partial charge < -0.3 is 15.4 Å². The van der Waals surface area contributed by atoms with Crippen LogP contribution in [-0.2, 0) is 9.53 Å². The number of ether oxygens (including phenoxy) is 1. The number of anilines is 1. The van der Waals surface area contributed by atoms with Crippen molar-refractivity contribution in [1.29, 1.82) is 0 Å². The standard InChI is InChI=1S/C13H17N3O3/c1-2-16(10-4-5-10)12(17)8-19-13(18)11-6-3-9(14)7-15-11/h3,6-7,10H,2,4-5,8,14H2,1H3. The second kappa shape index (κ2) is 5.69. The largest absolute Gasteiger partial charge is 0.451 e. The topological polar surface area (TPSA) is 85.5 Å². The van der Waals surface area contributed by atoms with Gasteiger partial charge in [0.05, 0.1) is 11.9 Å². The van der Waals surface area contributed by atoms with Gasteiger partial charge in [0.25, 0.3) is 5.91 Å². The van der Waals surface area contributed by atoms with Crippen LogP contribution >= 0.6 is 0 Å². The minimum Gasteiger partial charge on any atom is -0.451 e. The van der Waals surface area contributed by atoms with Gasteiger partial charge in [0.2, 0.25) is 0 Å². The number of hydrogen-bond acceptors (Lipinski definition) is 5. The summed E-state index contributed by atoms with van der Waals surface area (Å²) in [5, 5.41) is 0. The molecule has 0 saturated heterocycles. The summed E-state index contributed by atoms with van der Waals surface area (Å²) in [6, 6.07) is 3.36. The number of amides is 1. The van der Waals surface area contributed by atoms with Gasteiger partial charge in [-0.05, 0) is 31.9 Å². The fourth-order valence-electron chi connectivity index (χ4n) is 1.83. The number of aromatic nitrogens is 1. The monoisotopic (exact) mass is 263 g/mol. The van der Waals surface area contributed by atoms with Crippen LogP contribution in [0.3, 0.4) is 0 Å². The maximum Gasteiger partial charge on any atom is 0.357 e. The van der Waals surface area contributed by atoms with Gasteiger partial charge in [0.1, 0.15) is 5.69 Å². The Balaban J connectivity index is 1.85. The number of carbonyl (C=O) groups excluding carboxylic acids is 2. The first kappa shape index (κ1) is 13.3. The Hall–Kier alpha value is -2.11.